The van der Waals surface area contributed by atoms with E-state index in [1.807, 2.05) is 65.7 Å². The molecule has 1 fully saturated rings. The SMILES string of the molecule is COc1ccccc1NC(=O)CCN1C(=S)N[C@@H](c2ccccn2)[C@H]1c1ccc[nH]1. The zero-order chi connectivity index (χ0) is 20.9. The number of carbonyl (C=O) groups excluding carboxylic acids is 1. The Kier molecular flexibility index (Phi) is 5.94. The second-order valence-corrected chi connectivity index (χ2v) is 7.33. The van der Waals surface area contributed by atoms with E-state index in [1.165, 1.54) is 0 Å². The number of thiocarbonyl (C=S) groups is 1. The minimum absolute atomic E-state index is 0.0820. The van der Waals surface area contributed by atoms with Crippen molar-refractivity contribution in [1.29, 1.82) is 0 Å². The van der Waals surface area contributed by atoms with Gasteiger partial charge in [0.1, 0.15) is 5.75 Å². The monoisotopic (exact) mass is 421 g/mol. The third-order valence-electron chi connectivity index (χ3n) is 5.10. The standard InChI is InChI=1S/C22H23N5O2S/c1-29-18-10-3-2-7-15(18)25-19(28)11-14-27-21(17-9-6-13-24-17)20(26-22(27)30)16-8-4-5-12-23-16/h2-10,12-13,20-21,24H,11,14H2,1H3,(H,25,28)(H,26,30)/t20-,21+/m0/s1. The van der Waals surface area contributed by atoms with Gasteiger partial charge < -0.3 is 25.3 Å². The molecule has 2 atom stereocenters. The minimum atomic E-state index is -0.103. The number of para-hydroxylation sites is 2. The number of nitrogens with zero attached hydrogens (tertiary/aromatic N) is 2. The lowest BCUT2D eigenvalue weighted by atomic mass is 10.0. The maximum Gasteiger partial charge on any atom is 0.226 e. The molecule has 0 saturated carbocycles. The number of aromatic amines is 1. The van der Waals surface area contributed by atoms with Crippen molar-refractivity contribution in [2.75, 3.05) is 19.0 Å². The third kappa shape index (κ3) is 4.13. The zero-order valence-electron chi connectivity index (χ0n) is 16.5. The van der Waals surface area contributed by atoms with Crippen molar-refractivity contribution >= 4 is 28.9 Å². The molecule has 1 aliphatic rings. The highest BCUT2D eigenvalue weighted by molar-refractivity contribution is 7.80. The van der Waals surface area contributed by atoms with E-state index in [0.717, 1.165) is 11.4 Å². The van der Waals surface area contributed by atoms with E-state index in [0.29, 0.717) is 23.1 Å². The van der Waals surface area contributed by atoms with E-state index < -0.39 is 0 Å². The molecule has 0 bridgehead atoms. The van der Waals surface area contributed by atoms with Gasteiger partial charge >= 0.3 is 0 Å². The molecule has 8 heteroatoms. The predicted octanol–water partition coefficient (Wildman–Crippen LogP) is 3.42. The maximum absolute atomic E-state index is 12.6. The molecule has 30 heavy (non-hydrogen) atoms. The van der Waals surface area contributed by atoms with Gasteiger partial charge in [-0.1, -0.05) is 18.2 Å². The quantitative estimate of drug-likeness (QED) is 0.507. The summed E-state index contributed by atoms with van der Waals surface area (Å²) in [5.41, 5.74) is 2.57. The smallest absolute Gasteiger partial charge is 0.226 e. The summed E-state index contributed by atoms with van der Waals surface area (Å²) in [6.45, 7) is 0.472. The molecule has 154 valence electrons. The van der Waals surface area contributed by atoms with Crippen LogP contribution in [0.25, 0.3) is 0 Å². The van der Waals surface area contributed by atoms with Crippen molar-refractivity contribution in [3.8, 4) is 5.75 Å². The normalized spacial score (nSPS) is 18.2. The largest absolute Gasteiger partial charge is 0.495 e. The molecule has 3 aromatic rings. The number of aromatic nitrogens is 2. The van der Waals surface area contributed by atoms with Crippen molar-refractivity contribution in [2.45, 2.75) is 18.5 Å². The van der Waals surface area contributed by atoms with Crippen molar-refractivity contribution in [1.82, 2.24) is 20.2 Å². The highest BCUT2D eigenvalue weighted by Gasteiger charge is 2.40. The van der Waals surface area contributed by atoms with E-state index in [9.17, 15) is 4.79 Å². The number of amides is 1. The first-order valence-corrected chi connectivity index (χ1v) is 10.1. The summed E-state index contributed by atoms with van der Waals surface area (Å²) >= 11 is 5.61. The Labute approximate surface area is 180 Å². The number of hydrogen-bond acceptors (Lipinski definition) is 4. The molecule has 0 spiro atoms. The van der Waals surface area contributed by atoms with Gasteiger partial charge in [-0.25, -0.2) is 0 Å². The van der Waals surface area contributed by atoms with Crippen molar-refractivity contribution in [3.63, 3.8) is 0 Å². The number of hydrogen-bond donors (Lipinski definition) is 3. The number of H-pyrrole nitrogens is 1. The summed E-state index contributed by atoms with van der Waals surface area (Å²) in [7, 11) is 1.58. The van der Waals surface area contributed by atoms with Gasteiger partial charge in [-0.2, -0.15) is 0 Å². The first-order chi connectivity index (χ1) is 14.7. The fourth-order valence-electron chi connectivity index (χ4n) is 3.70. The van der Waals surface area contributed by atoms with E-state index in [4.69, 9.17) is 17.0 Å². The van der Waals surface area contributed by atoms with Crippen LogP contribution in [-0.2, 0) is 4.79 Å². The number of anilines is 1. The van der Waals surface area contributed by atoms with E-state index >= 15 is 0 Å². The van der Waals surface area contributed by atoms with E-state index in [-0.39, 0.29) is 24.4 Å². The molecule has 7 nitrogen and oxygen atoms in total. The molecule has 2 aromatic heterocycles. The van der Waals surface area contributed by atoms with Crippen LogP contribution >= 0.6 is 12.2 Å². The van der Waals surface area contributed by atoms with Crippen LogP contribution in [0, 0.1) is 0 Å². The summed E-state index contributed by atoms with van der Waals surface area (Å²) in [4.78, 5) is 22.4. The Morgan fingerprint density at radius 1 is 1.20 bits per heavy atom. The topological polar surface area (TPSA) is 82.3 Å². The minimum Gasteiger partial charge on any atom is -0.495 e. The van der Waals surface area contributed by atoms with Crippen LogP contribution in [0.5, 0.6) is 5.75 Å². The van der Waals surface area contributed by atoms with E-state index in [1.54, 1.807) is 13.3 Å². The molecule has 0 aliphatic carbocycles. The fourth-order valence-corrected chi connectivity index (χ4v) is 4.03. The first-order valence-electron chi connectivity index (χ1n) is 9.71. The third-order valence-corrected chi connectivity index (χ3v) is 5.45. The Morgan fingerprint density at radius 3 is 2.77 bits per heavy atom. The molecular formula is C22H23N5O2S. The van der Waals surface area contributed by atoms with Crippen LogP contribution in [0.4, 0.5) is 5.69 Å². The number of pyridine rings is 1. The second kappa shape index (κ2) is 8.96. The average molecular weight is 422 g/mol. The molecule has 1 saturated heterocycles. The lowest BCUT2D eigenvalue weighted by molar-refractivity contribution is -0.116. The number of methoxy groups -OCH3 is 1. The molecule has 3 N–H and O–H groups in total. The maximum atomic E-state index is 12.6. The number of benzene rings is 1. The Hall–Kier alpha value is -3.39. The van der Waals surface area contributed by atoms with Crippen LogP contribution in [0.1, 0.15) is 29.9 Å². The van der Waals surface area contributed by atoms with Crippen molar-refractivity contribution in [2.24, 2.45) is 0 Å². The van der Waals surface area contributed by atoms with Crippen LogP contribution in [0.3, 0.4) is 0 Å². The zero-order valence-corrected chi connectivity index (χ0v) is 17.4. The average Bonchev–Trinajstić information content (AvgIpc) is 3.41. The molecular weight excluding hydrogens is 398 g/mol. The van der Waals surface area contributed by atoms with Gasteiger partial charge in [-0.05, 0) is 48.6 Å². The lowest BCUT2D eigenvalue weighted by Gasteiger charge is -2.26. The van der Waals surface area contributed by atoms with Crippen molar-refractivity contribution < 1.29 is 9.53 Å². The molecule has 0 radical (unpaired) electrons. The molecule has 1 aromatic carbocycles. The molecule has 4 rings (SSSR count). The number of rotatable bonds is 7. The Balaban J connectivity index is 1.49. The molecule has 1 amide bonds. The van der Waals surface area contributed by atoms with Crippen LogP contribution in [0.2, 0.25) is 0 Å². The molecule has 3 heterocycles. The predicted molar refractivity (Wildman–Crippen MR) is 119 cm³/mol. The van der Waals surface area contributed by atoms with Gasteiger partial charge in [0.05, 0.1) is 30.6 Å². The number of ether oxygens (including phenoxy) is 1. The second-order valence-electron chi connectivity index (χ2n) is 6.94. The van der Waals surface area contributed by atoms with Gasteiger partial charge in [0, 0.05) is 31.1 Å². The van der Waals surface area contributed by atoms with Crippen molar-refractivity contribution in [3.05, 3.63) is 78.4 Å². The summed E-state index contributed by atoms with van der Waals surface area (Å²) < 4.78 is 5.30. The molecule has 1 aliphatic heterocycles. The van der Waals surface area contributed by atoms with Gasteiger partial charge in [0.2, 0.25) is 5.91 Å². The van der Waals surface area contributed by atoms with Crippen LogP contribution in [0.15, 0.2) is 67.0 Å². The van der Waals surface area contributed by atoms with Gasteiger partial charge in [0.25, 0.3) is 0 Å². The van der Waals surface area contributed by atoms with Gasteiger partial charge in [0.15, 0.2) is 5.11 Å². The van der Waals surface area contributed by atoms with E-state index in [2.05, 4.69) is 20.6 Å². The fraction of sp³-hybridized carbons (Fsp3) is 0.227. The summed E-state index contributed by atoms with van der Waals surface area (Å²) in [5.74, 6) is 0.525. The van der Waals surface area contributed by atoms with Crippen LogP contribution < -0.4 is 15.4 Å². The van der Waals surface area contributed by atoms with Gasteiger partial charge in [-0.3, -0.25) is 9.78 Å². The van der Waals surface area contributed by atoms with Crippen LogP contribution in [-0.4, -0.2) is 39.5 Å². The Bertz CT molecular complexity index is 1010. The summed E-state index contributed by atoms with van der Waals surface area (Å²) in [5, 5.41) is 6.90. The molecule has 0 unspecified atom stereocenters. The summed E-state index contributed by atoms with van der Waals surface area (Å²) in [6.07, 6.45) is 3.94. The highest BCUT2D eigenvalue weighted by Crippen LogP contribution is 2.37. The number of nitrogens with one attached hydrogen (secondary N) is 3. The van der Waals surface area contributed by atoms with Gasteiger partial charge in [-0.15, -0.1) is 0 Å². The highest BCUT2D eigenvalue weighted by atomic mass is 32.1. The lowest BCUT2D eigenvalue weighted by Crippen LogP contribution is -2.32. The first kappa shape index (κ1) is 19.9. The Morgan fingerprint density at radius 2 is 2.03 bits per heavy atom. The number of carbonyl (C=O) groups is 1. The summed E-state index contributed by atoms with van der Waals surface area (Å²) in [6, 6.07) is 17.0.